The van der Waals surface area contributed by atoms with E-state index >= 15 is 0 Å². The molecule has 7 heteroatoms. The second kappa shape index (κ2) is 8.18. The molecule has 0 aliphatic carbocycles. The Kier molecular flexibility index (Phi) is 5.44. The standard InChI is InChI=1S/C23H26N4O3/c1-23(17-8-4-2-5-9-17)21(29)27(22(30)25-23)16-20(28)24-18-10-12-19(13-11-18)26-14-6-3-7-15-26/h2,4-5,8-13H,3,6-7,14-16H2,1H3,(H,24,28)(H,25,30)/t23-/m1/s1. The first-order chi connectivity index (χ1) is 14.5. The highest BCUT2D eigenvalue weighted by Crippen LogP contribution is 2.28. The van der Waals surface area contributed by atoms with E-state index in [1.165, 1.54) is 19.3 Å². The molecular weight excluding hydrogens is 380 g/mol. The fraction of sp³-hybridized carbons (Fsp3) is 0.348. The Morgan fingerprint density at radius 2 is 1.67 bits per heavy atom. The van der Waals surface area contributed by atoms with E-state index < -0.39 is 23.4 Å². The highest BCUT2D eigenvalue weighted by molar-refractivity contribution is 6.10. The molecule has 2 N–H and O–H groups in total. The summed E-state index contributed by atoms with van der Waals surface area (Å²) in [6.07, 6.45) is 3.68. The number of carbonyl (C=O) groups excluding carboxylic acids is 3. The molecule has 2 fully saturated rings. The number of amides is 4. The van der Waals surface area contributed by atoms with Crippen molar-refractivity contribution >= 4 is 29.2 Å². The topological polar surface area (TPSA) is 81.8 Å². The van der Waals surface area contributed by atoms with Crippen LogP contribution in [0.3, 0.4) is 0 Å². The highest BCUT2D eigenvalue weighted by Gasteiger charge is 2.49. The molecule has 4 rings (SSSR count). The van der Waals surface area contributed by atoms with Crippen LogP contribution >= 0.6 is 0 Å². The number of hydrogen-bond acceptors (Lipinski definition) is 4. The minimum Gasteiger partial charge on any atom is -0.372 e. The minimum absolute atomic E-state index is 0.332. The van der Waals surface area contributed by atoms with Gasteiger partial charge in [0.15, 0.2) is 0 Å². The van der Waals surface area contributed by atoms with Crippen LogP contribution in [0.5, 0.6) is 0 Å². The lowest BCUT2D eigenvalue weighted by Gasteiger charge is -2.28. The van der Waals surface area contributed by atoms with Crippen molar-refractivity contribution in [2.45, 2.75) is 31.7 Å². The molecule has 0 saturated carbocycles. The number of piperidine rings is 1. The first-order valence-electron chi connectivity index (χ1n) is 10.3. The number of nitrogens with zero attached hydrogens (tertiary/aromatic N) is 2. The zero-order valence-electron chi connectivity index (χ0n) is 17.1. The fourth-order valence-electron chi connectivity index (χ4n) is 4.06. The van der Waals surface area contributed by atoms with Gasteiger partial charge in [0.2, 0.25) is 5.91 Å². The van der Waals surface area contributed by atoms with Crippen molar-refractivity contribution in [1.29, 1.82) is 0 Å². The Labute approximate surface area is 176 Å². The van der Waals surface area contributed by atoms with E-state index in [1.54, 1.807) is 19.1 Å². The van der Waals surface area contributed by atoms with E-state index in [4.69, 9.17) is 0 Å². The Bertz CT molecular complexity index is 939. The van der Waals surface area contributed by atoms with E-state index in [0.717, 1.165) is 23.7 Å². The normalized spacial score (nSPS) is 21.5. The van der Waals surface area contributed by atoms with Crippen LogP contribution in [0.4, 0.5) is 16.2 Å². The Morgan fingerprint density at radius 3 is 2.33 bits per heavy atom. The van der Waals surface area contributed by atoms with E-state index in [9.17, 15) is 14.4 Å². The van der Waals surface area contributed by atoms with E-state index in [1.807, 2.05) is 42.5 Å². The fourth-order valence-corrected chi connectivity index (χ4v) is 4.06. The molecular formula is C23H26N4O3. The summed E-state index contributed by atoms with van der Waals surface area (Å²) in [6, 6.07) is 16.1. The van der Waals surface area contributed by atoms with E-state index in [-0.39, 0.29) is 6.54 Å². The molecule has 2 aromatic carbocycles. The van der Waals surface area contributed by atoms with Crippen LogP contribution in [0.1, 0.15) is 31.7 Å². The average molecular weight is 406 g/mol. The number of nitrogens with one attached hydrogen (secondary N) is 2. The second-order valence-electron chi connectivity index (χ2n) is 7.96. The number of benzene rings is 2. The third-order valence-corrected chi connectivity index (χ3v) is 5.80. The van der Waals surface area contributed by atoms with Crippen LogP contribution in [-0.4, -0.2) is 42.4 Å². The molecule has 156 valence electrons. The Hall–Kier alpha value is -3.35. The molecule has 4 amide bonds. The molecule has 30 heavy (non-hydrogen) atoms. The van der Waals surface area contributed by atoms with Crippen molar-refractivity contribution < 1.29 is 14.4 Å². The van der Waals surface area contributed by atoms with Gasteiger partial charge in [-0.15, -0.1) is 0 Å². The second-order valence-corrected chi connectivity index (χ2v) is 7.96. The third kappa shape index (κ3) is 3.87. The largest absolute Gasteiger partial charge is 0.372 e. The SMILES string of the molecule is C[C@]1(c2ccccc2)NC(=O)N(CC(=O)Nc2ccc(N3CCCCC3)cc2)C1=O. The Morgan fingerprint density at radius 1 is 1.00 bits per heavy atom. The van der Waals surface area contributed by atoms with Gasteiger partial charge in [-0.3, -0.25) is 14.5 Å². The number of carbonyl (C=O) groups is 3. The molecule has 2 heterocycles. The molecule has 7 nitrogen and oxygen atoms in total. The smallest absolute Gasteiger partial charge is 0.325 e. The lowest BCUT2D eigenvalue weighted by Crippen LogP contribution is -2.42. The number of urea groups is 1. The van der Waals surface area contributed by atoms with Crippen molar-refractivity contribution in [2.75, 3.05) is 29.9 Å². The number of hydrogen-bond donors (Lipinski definition) is 2. The van der Waals surface area contributed by atoms with Crippen molar-refractivity contribution in [2.24, 2.45) is 0 Å². The third-order valence-electron chi connectivity index (χ3n) is 5.80. The van der Waals surface area contributed by atoms with Gasteiger partial charge in [-0.25, -0.2) is 4.79 Å². The van der Waals surface area contributed by atoms with Crippen molar-refractivity contribution in [3.63, 3.8) is 0 Å². The van der Waals surface area contributed by atoms with Gasteiger partial charge in [-0.05, 0) is 56.0 Å². The number of anilines is 2. The monoisotopic (exact) mass is 406 g/mol. The van der Waals surface area contributed by atoms with Crippen LogP contribution in [0, 0.1) is 0 Å². The van der Waals surface area contributed by atoms with Crippen molar-refractivity contribution in [3.8, 4) is 0 Å². The Balaban J connectivity index is 1.39. The van der Waals surface area contributed by atoms with Gasteiger partial charge in [0.25, 0.3) is 5.91 Å². The zero-order valence-corrected chi connectivity index (χ0v) is 17.1. The van der Waals surface area contributed by atoms with Crippen LogP contribution in [0.15, 0.2) is 54.6 Å². The molecule has 0 unspecified atom stereocenters. The summed E-state index contributed by atoms with van der Waals surface area (Å²) < 4.78 is 0. The lowest BCUT2D eigenvalue weighted by molar-refractivity contribution is -0.133. The summed E-state index contributed by atoms with van der Waals surface area (Å²) in [7, 11) is 0. The summed E-state index contributed by atoms with van der Waals surface area (Å²) in [5, 5.41) is 5.49. The van der Waals surface area contributed by atoms with Gasteiger partial charge in [-0.2, -0.15) is 0 Å². The summed E-state index contributed by atoms with van der Waals surface area (Å²) in [5.41, 5.74) is 1.29. The molecule has 2 aromatic rings. The first kappa shape index (κ1) is 19.9. The lowest BCUT2D eigenvalue weighted by atomic mass is 9.92. The number of rotatable bonds is 5. The maximum Gasteiger partial charge on any atom is 0.325 e. The molecule has 0 aromatic heterocycles. The van der Waals surface area contributed by atoms with E-state index in [2.05, 4.69) is 15.5 Å². The maximum atomic E-state index is 12.9. The van der Waals surface area contributed by atoms with Crippen LogP contribution in [0.2, 0.25) is 0 Å². The maximum absolute atomic E-state index is 12.9. The van der Waals surface area contributed by atoms with Gasteiger partial charge in [0.1, 0.15) is 12.1 Å². The molecule has 0 bridgehead atoms. The predicted molar refractivity (Wildman–Crippen MR) is 115 cm³/mol. The summed E-state index contributed by atoms with van der Waals surface area (Å²) >= 11 is 0. The first-order valence-corrected chi connectivity index (χ1v) is 10.3. The molecule has 2 saturated heterocycles. The highest BCUT2D eigenvalue weighted by atomic mass is 16.2. The van der Waals surface area contributed by atoms with Gasteiger partial charge in [0, 0.05) is 24.5 Å². The van der Waals surface area contributed by atoms with Gasteiger partial charge in [-0.1, -0.05) is 30.3 Å². The molecule has 2 aliphatic rings. The summed E-state index contributed by atoms with van der Waals surface area (Å²) in [5.74, 6) is -0.851. The zero-order chi connectivity index (χ0) is 21.1. The predicted octanol–water partition coefficient (Wildman–Crippen LogP) is 3.08. The molecule has 2 aliphatic heterocycles. The molecule has 1 atom stereocenters. The minimum atomic E-state index is -1.17. The van der Waals surface area contributed by atoms with Gasteiger partial charge < -0.3 is 15.5 Å². The molecule has 0 radical (unpaired) electrons. The quantitative estimate of drug-likeness (QED) is 0.748. The van der Waals surface area contributed by atoms with Crippen molar-refractivity contribution in [3.05, 3.63) is 60.2 Å². The number of imide groups is 1. The van der Waals surface area contributed by atoms with Crippen molar-refractivity contribution in [1.82, 2.24) is 10.2 Å². The van der Waals surface area contributed by atoms with Crippen LogP contribution < -0.4 is 15.5 Å². The summed E-state index contributed by atoms with van der Waals surface area (Å²) in [6.45, 7) is 3.43. The molecule has 0 spiro atoms. The summed E-state index contributed by atoms with van der Waals surface area (Å²) in [4.78, 5) is 41.1. The average Bonchev–Trinajstić information content (AvgIpc) is 2.99. The van der Waals surface area contributed by atoms with Gasteiger partial charge >= 0.3 is 6.03 Å². The van der Waals surface area contributed by atoms with Gasteiger partial charge in [0.05, 0.1) is 0 Å². The van der Waals surface area contributed by atoms with Crippen LogP contribution in [-0.2, 0) is 15.1 Å². The van der Waals surface area contributed by atoms with E-state index in [0.29, 0.717) is 11.3 Å². The van der Waals surface area contributed by atoms with Crippen LogP contribution in [0.25, 0.3) is 0 Å².